The number of carbonyl (C=O) groups is 1. The van der Waals surface area contributed by atoms with Crippen LogP contribution in [-0.2, 0) is 16.1 Å². The number of benzene rings is 2. The van der Waals surface area contributed by atoms with Crippen LogP contribution in [-0.4, -0.2) is 22.5 Å². The molecule has 0 aliphatic heterocycles. The second-order valence-corrected chi connectivity index (χ2v) is 6.02. The first-order valence-electron chi connectivity index (χ1n) is 8.02. The molecule has 3 aromatic rings. The number of nitrogens with zero attached hydrogens (tertiary/aromatic N) is 3. The number of ether oxygens (including phenoxy) is 1. The van der Waals surface area contributed by atoms with Gasteiger partial charge in [-0.15, -0.1) is 0 Å². The lowest BCUT2D eigenvalue weighted by Gasteiger charge is -2.22. The lowest BCUT2D eigenvalue weighted by atomic mass is 10.2. The van der Waals surface area contributed by atoms with Crippen LogP contribution in [0, 0.1) is 17.5 Å². The summed E-state index contributed by atoms with van der Waals surface area (Å²) in [6.45, 7) is -0.671. The van der Waals surface area contributed by atoms with Crippen LogP contribution in [0.1, 0.15) is 5.56 Å². The summed E-state index contributed by atoms with van der Waals surface area (Å²) in [7, 11) is 0. The third-order valence-corrected chi connectivity index (χ3v) is 3.89. The van der Waals surface area contributed by atoms with Crippen LogP contribution >= 0.6 is 11.6 Å². The van der Waals surface area contributed by atoms with E-state index in [0.29, 0.717) is 5.69 Å². The van der Waals surface area contributed by atoms with Crippen molar-refractivity contribution in [3.8, 4) is 0 Å². The monoisotopic (exact) mass is 407 g/mol. The Balaban J connectivity index is 1.77. The lowest BCUT2D eigenvalue weighted by molar-refractivity contribution is -0.122. The van der Waals surface area contributed by atoms with Crippen LogP contribution in [0.15, 0.2) is 54.9 Å². The minimum Gasteiger partial charge on any atom is -0.367 e. The summed E-state index contributed by atoms with van der Waals surface area (Å²) in [5, 5.41) is 0.110. The van der Waals surface area contributed by atoms with Gasteiger partial charge in [-0.05, 0) is 30.3 Å². The Kier molecular flexibility index (Phi) is 6.23. The third-order valence-electron chi connectivity index (χ3n) is 3.68. The predicted octanol–water partition coefficient (Wildman–Crippen LogP) is 4.43. The fourth-order valence-corrected chi connectivity index (χ4v) is 2.53. The van der Waals surface area contributed by atoms with Gasteiger partial charge >= 0.3 is 0 Å². The van der Waals surface area contributed by atoms with Crippen molar-refractivity contribution in [1.29, 1.82) is 0 Å². The van der Waals surface area contributed by atoms with Gasteiger partial charge in [-0.1, -0.05) is 17.7 Å². The van der Waals surface area contributed by atoms with Gasteiger partial charge in [0.05, 0.1) is 12.3 Å². The first kappa shape index (κ1) is 19.8. The zero-order valence-electron chi connectivity index (χ0n) is 14.3. The number of anilines is 2. The number of carbonyl (C=O) groups excluding carboxylic acids is 1. The van der Waals surface area contributed by atoms with E-state index in [-0.39, 0.29) is 23.1 Å². The summed E-state index contributed by atoms with van der Waals surface area (Å²) in [6.07, 6.45) is 1.18. The van der Waals surface area contributed by atoms with Crippen LogP contribution in [0.25, 0.3) is 0 Å². The second kappa shape index (κ2) is 8.81. The molecule has 0 fully saturated rings. The van der Waals surface area contributed by atoms with E-state index < -0.39 is 30.0 Å². The van der Waals surface area contributed by atoms with Gasteiger partial charge in [0.1, 0.15) is 41.4 Å². The van der Waals surface area contributed by atoms with Gasteiger partial charge in [0.15, 0.2) is 0 Å². The van der Waals surface area contributed by atoms with Crippen molar-refractivity contribution in [3.63, 3.8) is 0 Å². The smallest absolute Gasteiger partial charge is 0.258 e. The molecule has 28 heavy (non-hydrogen) atoms. The molecule has 0 N–H and O–H groups in total. The van der Waals surface area contributed by atoms with Crippen molar-refractivity contribution in [2.24, 2.45) is 0 Å². The molecule has 0 radical (unpaired) electrons. The molecule has 3 rings (SSSR count). The fourth-order valence-electron chi connectivity index (χ4n) is 2.39. The van der Waals surface area contributed by atoms with Crippen LogP contribution in [0.5, 0.6) is 0 Å². The number of hydrogen-bond donors (Lipinski definition) is 0. The standard InChI is InChI=1S/C19H13ClF3N3O2/c20-17-8-18(25-11-24-17)26(15-5-3-13(21)4-6-15)19(27)10-28-9-12-1-2-14(22)7-16(12)23/h1-8,11H,9-10H2. The maximum atomic E-state index is 13.7. The van der Waals surface area contributed by atoms with E-state index >= 15 is 0 Å². The van der Waals surface area contributed by atoms with E-state index in [1.54, 1.807) is 0 Å². The molecule has 0 unspecified atom stereocenters. The van der Waals surface area contributed by atoms with Crippen molar-refractivity contribution in [3.05, 3.63) is 83.0 Å². The number of halogens is 4. The molecule has 0 spiro atoms. The number of rotatable bonds is 6. The Morgan fingerprint density at radius 3 is 2.39 bits per heavy atom. The van der Waals surface area contributed by atoms with Crippen molar-refractivity contribution in [1.82, 2.24) is 9.97 Å². The quantitative estimate of drug-likeness (QED) is 0.567. The van der Waals surface area contributed by atoms with Gasteiger partial charge < -0.3 is 4.74 Å². The van der Waals surface area contributed by atoms with E-state index in [1.807, 2.05) is 0 Å². The molecule has 0 saturated heterocycles. The Bertz CT molecular complexity index is 986. The molecule has 0 bridgehead atoms. The van der Waals surface area contributed by atoms with Gasteiger partial charge in [-0.3, -0.25) is 9.69 Å². The molecular weight excluding hydrogens is 395 g/mol. The zero-order chi connectivity index (χ0) is 20.1. The van der Waals surface area contributed by atoms with Crippen molar-refractivity contribution in [2.45, 2.75) is 6.61 Å². The van der Waals surface area contributed by atoms with Crippen molar-refractivity contribution < 1.29 is 22.7 Å². The zero-order valence-corrected chi connectivity index (χ0v) is 15.0. The normalized spacial score (nSPS) is 10.7. The molecule has 2 aromatic carbocycles. The molecule has 0 aliphatic carbocycles. The highest BCUT2D eigenvalue weighted by Gasteiger charge is 2.20. The molecule has 1 heterocycles. The Hall–Kier alpha value is -2.97. The van der Waals surface area contributed by atoms with Crippen LogP contribution in [0.2, 0.25) is 5.15 Å². The summed E-state index contributed by atoms with van der Waals surface area (Å²) in [5.41, 5.74) is 0.436. The maximum Gasteiger partial charge on any atom is 0.258 e. The molecule has 5 nitrogen and oxygen atoms in total. The van der Waals surface area contributed by atoms with E-state index in [4.69, 9.17) is 16.3 Å². The second-order valence-electron chi connectivity index (χ2n) is 5.63. The largest absolute Gasteiger partial charge is 0.367 e. The average molecular weight is 408 g/mol. The van der Waals surface area contributed by atoms with E-state index in [2.05, 4.69) is 9.97 Å². The number of hydrogen-bond acceptors (Lipinski definition) is 4. The van der Waals surface area contributed by atoms with Crippen LogP contribution < -0.4 is 4.90 Å². The molecule has 9 heteroatoms. The molecular formula is C19H13ClF3N3O2. The first-order valence-corrected chi connectivity index (χ1v) is 8.39. The minimum atomic E-state index is -0.773. The van der Waals surface area contributed by atoms with Gasteiger partial charge in [-0.25, -0.2) is 23.1 Å². The highest BCUT2D eigenvalue weighted by molar-refractivity contribution is 6.29. The lowest BCUT2D eigenvalue weighted by Crippen LogP contribution is -2.30. The summed E-state index contributed by atoms with van der Waals surface area (Å²) in [5.74, 6) is -2.34. The van der Waals surface area contributed by atoms with E-state index in [9.17, 15) is 18.0 Å². The van der Waals surface area contributed by atoms with Gasteiger partial charge in [0.2, 0.25) is 0 Å². The van der Waals surface area contributed by atoms with Crippen molar-refractivity contribution in [2.75, 3.05) is 11.5 Å². The fraction of sp³-hybridized carbons (Fsp3) is 0.105. The van der Waals surface area contributed by atoms with E-state index in [1.165, 1.54) is 47.6 Å². The summed E-state index contributed by atoms with van der Waals surface area (Å²) in [4.78, 5) is 21.7. The summed E-state index contributed by atoms with van der Waals surface area (Å²) >= 11 is 5.87. The molecule has 0 aliphatic rings. The van der Waals surface area contributed by atoms with Gasteiger partial charge in [0, 0.05) is 17.7 Å². The molecule has 0 saturated carbocycles. The Morgan fingerprint density at radius 2 is 1.71 bits per heavy atom. The van der Waals surface area contributed by atoms with Gasteiger partial charge in [-0.2, -0.15) is 0 Å². The first-order chi connectivity index (χ1) is 13.4. The predicted molar refractivity (Wildman–Crippen MR) is 96.6 cm³/mol. The van der Waals surface area contributed by atoms with E-state index in [0.717, 1.165) is 12.1 Å². The SMILES string of the molecule is O=C(COCc1ccc(F)cc1F)N(c1ccc(F)cc1)c1cc(Cl)ncn1. The molecule has 1 aromatic heterocycles. The Labute approximate surface area is 163 Å². The summed E-state index contributed by atoms with van der Waals surface area (Å²) < 4.78 is 45.1. The summed E-state index contributed by atoms with van der Waals surface area (Å²) in [6, 6.07) is 9.58. The molecule has 1 amide bonds. The Morgan fingerprint density at radius 1 is 1.00 bits per heavy atom. The average Bonchev–Trinajstić information content (AvgIpc) is 2.65. The number of amides is 1. The highest BCUT2D eigenvalue weighted by Crippen LogP contribution is 2.25. The topological polar surface area (TPSA) is 55.3 Å². The van der Waals surface area contributed by atoms with Crippen LogP contribution in [0.4, 0.5) is 24.7 Å². The third kappa shape index (κ3) is 4.85. The van der Waals surface area contributed by atoms with Crippen LogP contribution in [0.3, 0.4) is 0 Å². The van der Waals surface area contributed by atoms with Gasteiger partial charge in [0.25, 0.3) is 5.91 Å². The molecule has 0 atom stereocenters. The van der Waals surface area contributed by atoms with Crippen molar-refractivity contribution >= 4 is 29.0 Å². The minimum absolute atomic E-state index is 0.104. The molecule has 144 valence electrons. The maximum absolute atomic E-state index is 13.7. The number of aromatic nitrogens is 2. The highest BCUT2D eigenvalue weighted by atomic mass is 35.5.